The molecule has 132 valence electrons. The van der Waals surface area contributed by atoms with Crippen LogP contribution in [0.3, 0.4) is 0 Å². The molecule has 2 aromatic rings. The molecule has 0 aromatic heterocycles. The lowest BCUT2D eigenvalue weighted by Gasteiger charge is -2.21. The standard InChI is InChI=1S/C21H26N2O2/c1-15(2)18-7-11-20(12-8-18)23(17(4)24)14-13-21(25)22-19-9-5-16(3)6-10-19/h5-12,15H,13-14H2,1-4H3,(H,22,25). The molecule has 0 aliphatic rings. The molecular weight excluding hydrogens is 312 g/mol. The lowest BCUT2D eigenvalue weighted by atomic mass is 10.0. The van der Waals surface area contributed by atoms with E-state index in [1.807, 2.05) is 55.5 Å². The predicted molar refractivity (Wildman–Crippen MR) is 103 cm³/mol. The molecule has 0 aliphatic heterocycles. The summed E-state index contributed by atoms with van der Waals surface area (Å²) < 4.78 is 0. The third kappa shape index (κ3) is 5.45. The van der Waals surface area contributed by atoms with Crippen molar-refractivity contribution < 1.29 is 9.59 Å². The topological polar surface area (TPSA) is 49.4 Å². The van der Waals surface area contributed by atoms with Gasteiger partial charge in [-0.2, -0.15) is 0 Å². The van der Waals surface area contributed by atoms with E-state index in [1.54, 1.807) is 4.90 Å². The summed E-state index contributed by atoms with van der Waals surface area (Å²) in [5.74, 6) is 0.273. The zero-order valence-electron chi connectivity index (χ0n) is 15.4. The molecule has 0 bridgehead atoms. The molecule has 25 heavy (non-hydrogen) atoms. The van der Waals surface area contributed by atoms with Gasteiger partial charge in [-0.15, -0.1) is 0 Å². The maximum Gasteiger partial charge on any atom is 0.226 e. The first-order chi connectivity index (χ1) is 11.9. The molecule has 0 fully saturated rings. The van der Waals surface area contributed by atoms with Gasteiger partial charge in [-0.1, -0.05) is 43.7 Å². The summed E-state index contributed by atoms with van der Waals surface area (Å²) in [5, 5.41) is 2.86. The molecule has 0 unspecified atom stereocenters. The highest BCUT2D eigenvalue weighted by molar-refractivity contribution is 5.94. The lowest BCUT2D eigenvalue weighted by Crippen LogP contribution is -2.31. The van der Waals surface area contributed by atoms with Crippen LogP contribution in [0.5, 0.6) is 0 Å². The third-order valence-corrected chi connectivity index (χ3v) is 4.15. The molecule has 4 heteroatoms. The lowest BCUT2D eigenvalue weighted by molar-refractivity contribution is -0.117. The van der Waals surface area contributed by atoms with E-state index in [0.717, 1.165) is 16.9 Å². The number of rotatable bonds is 6. The van der Waals surface area contributed by atoms with Gasteiger partial charge in [0.15, 0.2) is 0 Å². The number of benzene rings is 2. The van der Waals surface area contributed by atoms with Crippen molar-refractivity contribution in [3.8, 4) is 0 Å². The van der Waals surface area contributed by atoms with Gasteiger partial charge in [0.05, 0.1) is 0 Å². The first kappa shape index (κ1) is 18.7. The van der Waals surface area contributed by atoms with E-state index in [-0.39, 0.29) is 18.2 Å². The Hall–Kier alpha value is -2.62. The number of aryl methyl sites for hydroxylation is 1. The summed E-state index contributed by atoms with van der Waals surface area (Å²) in [6.45, 7) is 8.14. The number of anilines is 2. The Bertz CT molecular complexity index is 719. The number of hydrogen-bond donors (Lipinski definition) is 1. The highest BCUT2D eigenvalue weighted by Gasteiger charge is 2.14. The van der Waals surface area contributed by atoms with E-state index in [4.69, 9.17) is 0 Å². The van der Waals surface area contributed by atoms with Crippen LogP contribution in [0, 0.1) is 6.92 Å². The second kappa shape index (κ2) is 8.47. The summed E-state index contributed by atoms with van der Waals surface area (Å²) in [7, 11) is 0. The molecule has 0 aliphatic carbocycles. The van der Waals surface area contributed by atoms with Gasteiger partial charge < -0.3 is 10.2 Å². The van der Waals surface area contributed by atoms with Gasteiger partial charge in [-0.3, -0.25) is 9.59 Å². The number of carbonyl (C=O) groups excluding carboxylic acids is 2. The van der Waals surface area contributed by atoms with Gasteiger partial charge >= 0.3 is 0 Å². The van der Waals surface area contributed by atoms with Crippen LogP contribution >= 0.6 is 0 Å². The average Bonchev–Trinajstić information content (AvgIpc) is 2.57. The monoisotopic (exact) mass is 338 g/mol. The quantitative estimate of drug-likeness (QED) is 0.843. The number of nitrogens with one attached hydrogen (secondary N) is 1. The van der Waals surface area contributed by atoms with Crippen LogP contribution < -0.4 is 10.2 Å². The van der Waals surface area contributed by atoms with Crippen LogP contribution in [0.4, 0.5) is 11.4 Å². The Morgan fingerprint density at radius 3 is 2.12 bits per heavy atom. The second-order valence-electron chi connectivity index (χ2n) is 6.58. The number of hydrogen-bond acceptors (Lipinski definition) is 2. The molecule has 1 N–H and O–H groups in total. The summed E-state index contributed by atoms with van der Waals surface area (Å²) in [5.41, 5.74) is 3.96. The molecule has 0 saturated heterocycles. The van der Waals surface area contributed by atoms with Gasteiger partial charge in [0.1, 0.15) is 0 Å². The van der Waals surface area contributed by atoms with E-state index < -0.39 is 0 Å². The summed E-state index contributed by atoms with van der Waals surface area (Å²) in [4.78, 5) is 25.8. The zero-order valence-corrected chi connectivity index (χ0v) is 15.4. The molecule has 4 nitrogen and oxygen atoms in total. The van der Waals surface area contributed by atoms with Crippen LogP contribution in [0.15, 0.2) is 48.5 Å². The van der Waals surface area contributed by atoms with Crippen LogP contribution in [-0.2, 0) is 9.59 Å². The minimum atomic E-state index is -0.103. The Kier molecular flexibility index (Phi) is 6.34. The molecule has 0 spiro atoms. The SMILES string of the molecule is CC(=O)N(CCC(=O)Nc1ccc(C)cc1)c1ccc(C(C)C)cc1. The predicted octanol–water partition coefficient (Wildman–Crippen LogP) is 4.50. The Morgan fingerprint density at radius 1 is 1.00 bits per heavy atom. The van der Waals surface area contributed by atoms with E-state index in [0.29, 0.717) is 12.5 Å². The third-order valence-electron chi connectivity index (χ3n) is 4.15. The van der Waals surface area contributed by atoms with Crippen molar-refractivity contribution in [1.29, 1.82) is 0 Å². The minimum Gasteiger partial charge on any atom is -0.326 e. The average molecular weight is 338 g/mol. The minimum absolute atomic E-state index is 0.0690. The number of amides is 2. The van der Waals surface area contributed by atoms with Crippen LogP contribution in [0.2, 0.25) is 0 Å². The van der Waals surface area contributed by atoms with E-state index in [9.17, 15) is 9.59 Å². The van der Waals surface area contributed by atoms with Crippen molar-refractivity contribution in [3.05, 3.63) is 59.7 Å². The first-order valence-electron chi connectivity index (χ1n) is 8.61. The van der Waals surface area contributed by atoms with Crippen molar-refractivity contribution in [2.24, 2.45) is 0 Å². The molecule has 0 heterocycles. The molecular formula is C21H26N2O2. The van der Waals surface area contributed by atoms with Gasteiger partial charge in [-0.05, 0) is 42.7 Å². The van der Waals surface area contributed by atoms with Crippen molar-refractivity contribution in [1.82, 2.24) is 0 Å². The normalized spacial score (nSPS) is 10.6. The Morgan fingerprint density at radius 2 is 1.60 bits per heavy atom. The number of carbonyl (C=O) groups is 2. The molecule has 2 rings (SSSR count). The molecule has 2 amide bonds. The molecule has 0 radical (unpaired) electrons. The smallest absolute Gasteiger partial charge is 0.226 e. The summed E-state index contributed by atoms with van der Waals surface area (Å²) in [6.07, 6.45) is 0.249. The van der Waals surface area contributed by atoms with Crippen molar-refractivity contribution in [2.45, 2.75) is 40.0 Å². The summed E-state index contributed by atoms with van der Waals surface area (Å²) in [6, 6.07) is 15.6. The maximum absolute atomic E-state index is 12.2. The highest BCUT2D eigenvalue weighted by Crippen LogP contribution is 2.20. The van der Waals surface area contributed by atoms with Crippen LogP contribution in [-0.4, -0.2) is 18.4 Å². The van der Waals surface area contributed by atoms with E-state index in [2.05, 4.69) is 19.2 Å². The van der Waals surface area contributed by atoms with Gasteiger partial charge in [0.2, 0.25) is 11.8 Å². The van der Waals surface area contributed by atoms with E-state index >= 15 is 0 Å². The largest absolute Gasteiger partial charge is 0.326 e. The number of nitrogens with zero attached hydrogens (tertiary/aromatic N) is 1. The highest BCUT2D eigenvalue weighted by atomic mass is 16.2. The van der Waals surface area contributed by atoms with Gasteiger partial charge in [0, 0.05) is 31.3 Å². The maximum atomic E-state index is 12.2. The molecule has 2 aromatic carbocycles. The first-order valence-corrected chi connectivity index (χ1v) is 8.61. The molecule has 0 saturated carbocycles. The van der Waals surface area contributed by atoms with Crippen LogP contribution in [0.1, 0.15) is 44.2 Å². The van der Waals surface area contributed by atoms with Crippen molar-refractivity contribution >= 4 is 23.2 Å². The van der Waals surface area contributed by atoms with E-state index in [1.165, 1.54) is 12.5 Å². The fourth-order valence-electron chi connectivity index (χ4n) is 2.58. The zero-order chi connectivity index (χ0) is 18.4. The van der Waals surface area contributed by atoms with Crippen LogP contribution in [0.25, 0.3) is 0 Å². The van der Waals surface area contributed by atoms with Crippen molar-refractivity contribution in [2.75, 3.05) is 16.8 Å². The summed E-state index contributed by atoms with van der Waals surface area (Å²) >= 11 is 0. The Labute approximate surface area is 149 Å². The van der Waals surface area contributed by atoms with Gasteiger partial charge in [0.25, 0.3) is 0 Å². The fourth-order valence-corrected chi connectivity index (χ4v) is 2.58. The fraction of sp³-hybridized carbons (Fsp3) is 0.333. The van der Waals surface area contributed by atoms with Gasteiger partial charge in [-0.25, -0.2) is 0 Å². The molecule has 0 atom stereocenters. The Balaban J connectivity index is 1.98. The van der Waals surface area contributed by atoms with Crippen molar-refractivity contribution in [3.63, 3.8) is 0 Å². The second-order valence-corrected chi connectivity index (χ2v) is 6.58.